The highest BCUT2D eigenvalue weighted by atomic mass is 32.2. The average molecular weight is 397 g/mol. The Morgan fingerprint density at radius 2 is 1.74 bits per heavy atom. The Hall–Kier alpha value is -2.19. The Labute approximate surface area is 161 Å². The number of carbonyl (C=O) groups is 2. The molecular weight excluding hydrogens is 368 g/mol. The van der Waals surface area contributed by atoms with E-state index in [4.69, 9.17) is 4.74 Å². The molecule has 2 N–H and O–H groups in total. The van der Waals surface area contributed by atoms with Gasteiger partial charge >= 0.3 is 5.97 Å². The molecular formula is C19H28N2O5S. The largest absolute Gasteiger partial charge is 0.454 e. The lowest BCUT2D eigenvalue weighted by Crippen LogP contribution is -2.47. The Kier molecular flexibility index (Phi) is 8.18. The molecule has 0 bridgehead atoms. The minimum Gasteiger partial charge on any atom is -0.454 e. The van der Waals surface area contributed by atoms with Gasteiger partial charge in [0.05, 0.1) is 0 Å². The maximum absolute atomic E-state index is 12.3. The van der Waals surface area contributed by atoms with E-state index in [9.17, 15) is 18.0 Å². The number of sulfonamides is 1. The van der Waals surface area contributed by atoms with Gasteiger partial charge in [0.25, 0.3) is 5.91 Å². The third kappa shape index (κ3) is 9.35. The van der Waals surface area contributed by atoms with Crippen molar-refractivity contribution in [2.75, 3.05) is 6.61 Å². The number of rotatable bonds is 8. The molecule has 8 heteroatoms. The van der Waals surface area contributed by atoms with Crippen LogP contribution in [-0.2, 0) is 24.3 Å². The van der Waals surface area contributed by atoms with E-state index in [0.29, 0.717) is 5.56 Å². The summed E-state index contributed by atoms with van der Waals surface area (Å²) in [6, 6.07) is 7.82. The van der Waals surface area contributed by atoms with Gasteiger partial charge in [0.1, 0.15) is 6.04 Å². The topological polar surface area (TPSA) is 102 Å². The molecule has 1 unspecified atom stereocenters. The van der Waals surface area contributed by atoms with Crippen LogP contribution in [0.15, 0.2) is 35.7 Å². The Morgan fingerprint density at radius 1 is 1.15 bits per heavy atom. The normalized spacial score (nSPS) is 13.6. The second-order valence-corrected chi connectivity index (χ2v) is 9.10. The smallest absolute Gasteiger partial charge is 0.324 e. The standard InChI is InChI=1S/C19H28N2O5S/c1-14(2)17(18(23)26-13-16(22)20-19(3,4)5)21-27(24,25)12-11-15-9-7-6-8-10-15/h6-12,14,17,21H,13H2,1-5H3,(H,20,22). The minimum atomic E-state index is -3.87. The number of ether oxygens (including phenoxy) is 1. The van der Waals surface area contributed by atoms with E-state index < -0.39 is 40.1 Å². The molecule has 0 aliphatic rings. The second-order valence-electron chi connectivity index (χ2n) is 7.50. The molecule has 0 aliphatic carbocycles. The van der Waals surface area contributed by atoms with Crippen molar-refractivity contribution >= 4 is 28.0 Å². The summed E-state index contributed by atoms with van der Waals surface area (Å²) in [6.07, 6.45) is 1.43. The maximum atomic E-state index is 12.3. The fourth-order valence-electron chi connectivity index (χ4n) is 2.09. The summed E-state index contributed by atoms with van der Waals surface area (Å²) in [5.41, 5.74) is 0.260. The van der Waals surface area contributed by atoms with Gasteiger partial charge in [-0.05, 0) is 38.3 Å². The number of amides is 1. The van der Waals surface area contributed by atoms with E-state index in [2.05, 4.69) is 10.0 Å². The van der Waals surface area contributed by atoms with Crippen molar-refractivity contribution in [1.29, 1.82) is 0 Å². The van der Waals surface area contributed by atoms with Gasteiger partial charge in [-0.1, -0.05) is 44.2 Å². The first kappa shape index (κ1) is 22.9. The van der Waals surface area contributed by atoms with Crippen LogP contribution in [0.25, 0.3) is 6.08 Å². The van der Waals surface area contributed by atoms with Crippen molar-refractivity contribution in [3.05, 3.63) is 41.3 Å². The zero-order valence-corrected chi connectivity index (χ0v) is 17.2. The van der Waals surface area contributed by atoms with Gasteiger partial charge in [-0.3, -0.25) is 9.59 Å². The Balaban J connectivity index is 2.73. The van der Waals surface area contributed by atoms with Gasteiger partial charge < -0.3 is 10.1 Å². The molecule has 150 valence electrons. The molecule has 1 rings (SSSR count). The molecule has 0 spiro atoms. The fourth-order valence-corrected chi connectivity index (χ4v) is 3.22. The lowest BCUT2D eigenvalue weighted by molar-refractivity contribution is -0.151. The van der Waals surface area contributed by atoms with Crippen LogP contribution in [0, 0.1) is 5.92 Å². The molecule has 27 heavy (non-hydrogen) atoms. The van der Waals surface area contributed by atoms with Crippen LogP contribution in [0.2, 0.25) is 0 Å². The number of carbonyl (C=O) groups excluding carboxylic acids is 2. The molecule has 0 saturated carbocycles. The van der Waals surface area contributed by atoms with Gasteiger partial charge in [-0.15, -0.1) is 0 Å². The van der Waals surface area contributed by atoms with Gasteiger partial charge in [-0.2, -0.15) is 4.72 Å². The SMILES string of the molecule is CC(C)C(NS(=O)(=O)C=Cc1ccccc1)C(=O)OCC(=O)NC(C)(C)C. The van der Waals surface area contributed by atoms with Crippen molar-refractivity contribution in [1.82, 2.24) is 10.0 Å². The zero-order valence-electron chi connectivity index (χ0n) is 16.4. The number of esters is 1. The second kappa shape index (κ2) is 9.66. The monoisotopic (exact) mass is 396 g/mol. The molecule has 7 nitrogen and oxygen atoms in total. The van der Waals surface area contributed by atoms with Crippen LogP contribution in [0.4, 0.5) is 0 Å². The van der Waals surface area contributed by atoms with E-state index >= 15 is 0 Å². The third-order valence-electron chi connectivity index (χ3n) is 3.31. The first-order valence-corrected chi connectivity index (χ1v) is 10.2. The summed E-state index contributed by atoms with van der Waals surface area (Å²) in [5, 5.41) is 3.66. The first-order valence-electron chi connectivity index (χ1n) is 8.63. The molecule has 0 aliphatic heterocycles. The molecule has 1 aromatic carbocycles. The predicted octanol–water partition coefficient (Wildman–Crippen LogP) is 2.06. The van der Waals surface area contributed by atoms with E-state index in [0.717, 1.165) is 5.41 Å². The van der Waals surface area contributed by atoms with Crippen LogP contribution in [0.5, 0.6) is 0 Å². The predicted molar refractivity (Wildman–Crippen MR) is 105 cm³/mol. The molecule has 1 amide bonds. The summed E-state index contributed by atoms with van der Waals surface area (Å²) >= 11 is 0. The number of hydrogen-bond donors (Lipinski definition) is 2. The Morgan fingerprint density at radius 3 is 2.26 bits per heavy atom. The Bertz CT molecular complexity index is 765. The van der Waals surface area contributed by atoms with E-state index in [1.54, 1.807) is 58.9 Å². The van der Waals surface area contributed by atoms with Gasteiger partial charge in [0, 0.05) is 10.9 Å². The van der Waals surface area contributed by atoms with Crippen molar-refractivity contribution in [3.8, 4) is 0 Å². The highest BCUT2D eigenvalue weighted by Gasteiger charge is 2.28. The van der Waals surface area contributed by atoms with E-state index in [-0.39, 0.29) is 5.92 Å². The summed E-state index contributed by atoms with van der Waals surface area (Å²) in [5.74, 6) is -1.61. The lowest BCUT2D eigenvalue weighted by Gasteiger charge is -2.22. The van der Waals surface area contributed by atoms with Crippen molar-refractivity contribution < 1.29 is 22.7 Å². The molecule has 1 aromatic rings. The summed E-state index contributed by atoms with van der Waals surface area (Å²) in [4.78, 5) is 24.0. The minimum absolute atomic E-state index is 0.358. The summed E-state index contributed by atoms with van der Waals surface area (Å²) in [6.45, 7) is 8.31. The molecule has 0 radical (unpaired) electrons. The lowest BCUT2D eigenvalue weighted by atomic mass is 10.1. The van der Waals surface area contributed by atoms with Crippen LogP contribution < -0.4 is 10.0 Å². The van der Waals surface area contributed by atoms with Gasteiger partial charge in [0.2, 0.25) is 10.0 Å². The third-order valence-corrected chi connectivity index (χ3v) is 4.39. The number of hydrogen-bond acceptors (Lipinski definition) is 5. The molecule has 0 aromatic heterocycles. The molecule has 0 heterocycles. The molecule has 0 fully saturated rings. The average Bonchev–Trinajstić information content (AvgIpc) is 2.55. The van der Waals surface area contributed by atoms with Gasteiger partial charge in [-0.25, -0.2) is 8.42 Å². The van der Waals surface area contributed by atoms with Crippen molar-refractivity contribution in [2.45, 2.75) is 46.2 Å². The van der Waals surface area contributed by atoms with Crippen LogP contribution in [0.1, 0.15) is 40.2 Å². The highest BCUT2D eigenvalue weighted by molar-refractivity contribution is 7.92. The fraction of sp³-hybridized carbons (Fsp3) is 0.474. The van der Waals surface area contributed by atoms with Crippen molar-refractivity contribution in [3.63, 3.8) is 0 Å². The number of nitrogens with one attached hydrogen (secondary N) is 2. The van der Waals surface area contributed by atoms with Crippen LogP contribution >= 0.6 is 0 Å². The quantitative estimate of drug-likeness (QED) is 0.655. The summed E-state index contributed by atoms with van der Waals surface area (Å²) in [7, 11) is -3.87. The highest BCUT2D eigenvalue weighted by Crippen LogP contribution is 2.09. The summed E-state index contributed by atoms with van der Waals surface area (Å²) < 4.78 is 31.8. The van der Waals surface area contributed by atoms with E-state index in [1.165, 1.54) is 6.08 Å². The first-order chi connectivity index (χ1) is 12.4. The molecule has 1 atom stereocenters. The zero-order chi connectivity index (χ0) is 20.7. The van der Waals surface area contributed by atoms with Crippen LogP contribution in [0.3, 0.4) is 0 Å². The van der Waals surface area contributed by atoms with E-state index in [1.807, 2.05) is 6.07 Å². The molecule has 0 saturated heterocycles. The van der Waals surface area contributed by atoms with Crippen molar-refractivity contribution in [2.24, 2.45) is 5.92 Å². The van der Waals surface area contributed by atoms with Crippen LogP contribution in [-0.4, -0.2) is 38.5 Å². The number of benzene rings is 1. The van der Waals surface area contributed by atoms with Gasteiger partial charge in [0.15, 0.2) is 6.61 Å². The maximum Gasteiger partial charge on any atom is 0.324 e.